The summed E-state index contributed by atoms with van der Waals surface area (Å²) in [4.78, 5) is 0. The molecule has 0 atom stereocenters. The molecule has 2 heteroatoms. The zero-order valence-corrected chi connectivity index (χ0v) is 20.6. The van der Waals surface area contributed by atoms with Crippen molar-refractivity contribution in [3.05, 3.63) is 150 Å². The van der Waals surface area contributed by atoms with E-state index >= 15 is 0 Å². The van der Waals surface area contributed by atoms with Gasteiger partial charge in [-0.05, 0) is 16.7 Å². The first kappa shape index (κ1) is 23.0. The Hall–Kier alpha value is -1.25. The molecule has 0 spiro atoms. The summed E-state index contributed by atoms with van der Waals surface area (Å²) in [5.74, 6) is 0. The minimum absolute atomic E-state index is 0. The molecule has 0 aromatic heterocycles. The van der Waals surface area contributed by atoms with Gasteiger partial charge in [-0.25, -0.2) is 0 Å². The third-order valence-electron chi connectivity index (χ3n) is 4.87. The normalized spacial score (nSPS) is 10.3. The van der Waals surface area contributed by atoms with Crippen molar-refractivity contribution < 1.29 is 59.1 Å². The van der Waals surface area contributed by atoms with Gasteiger partial charge in [0.1, 0.15) is 0 Å². The van der Waals surface area contributed by atoms with Crippen LogP contribution < -0.4 is 59.1 Å². The third-order valence-corrected chi connectivity index (χ3v) is 4.87. The summed E-state index contributed by atoms with van der Waals surface area (Å²) in [7, 11) is 0. The maximum atomic E-state index is 2.38. The Labute approximate surface area is 212 Å². The Balaban J connectivity index is 0.00000140. The number of hydrogen-bond acceptors (Lipinski definition) is 0. The molecule has 0 aliphatic rings. The Kier molecular flexibility index (Phi) is 9.11. The molecule has 126 valence electrons. The molecule has 0 aliphatic carbocycles. The molecule has 0 saturated carbocycles. The van der Waals surface area contributed by atoms with Crippen LogP contribution in [0.15, 0.2) is 121 Å². The van der Waals surface area contributed by atoms with Gasteiger partial charge in [0.15, 0.2) is 0 Å². The predicted molar refractivity (Wildman–Crippen MR) is 109 cm³/mol. The van der Waals surface area contributed by atoms with Crippen molar-refractivity contribution in [2.24, 2.45) is 0 Å². The molecule has 0 unspecified atom stereocenters. The maximum Gasteiger partial charge on any atom is 1.00 e. The van der Waals surface area contributed by atoms with Crippen LogP contribution in [0.25, 0.3) is 0 Å². The Morgan fingerprint density at radius 3 is 1.00 bits per heavy atom. The van der Waals surface area contributed by atoms with Crippen LogP contribution in [0.4, 0.5) is 0 Å². The fourth-order valence-corrected chi connectivity index (χ4v) is 3.65. The monoisotopic (exact) mass is 379 g/mol. The second kappa shape index (κ2) is 11.1. The molecule has 4 aromatic carbocycles. The van der Waals surface area contributed by atoms with E-state index in [1.54, 1.807) is 0 Å². The molecule has 0 nitrogen and oxygen atoms in total. The minimum atomic E-state index is -0.342. The van der Waals surface area contributed by atoms with Gasteiger partial charge in [0.2, 0.25) is 0 Å². The molecule has 0 heterocycles. The molecule has 0 saturated heterocycles. The van der Waals surface area contributed by atoms with Crippen molar-refractivity contribution in [2.75, 3.05) is 0 Å². The summed E-state index contributed by atoms with van der Waals surface area (Å²) in [6.07, 6.45) is 2.38. The molecular weight excluding hydrogens is 358 g/mol. The van der Waals surface area contributed by atoms with Crippen LogP contribution >= 0.6 is 0 Å². The van der Waals surface area contributed by atoms with Crippen LogP contribution in [-0.2, 0) is 5.41 Å². The van der Waals surface area contributed by atoms with Gasteiger partial charge in [-0.1, -0.05) is 97.1 Å². The predicted octanol–water partition coefficient (Wildman–Crippen LogP) is 0.282. The molecule has 0 bridgehead atoms. The van der Waals surface area contributed by atoms with Crippen molar-refractivity contribution >= 4 is 0 Å². The van der Waals surface area contributed by atoms with Crippen molar-refractivity contribution in [1.29, 1.82) is 0 Å². The zero-order chi connectivity index (χ0) is 17.7. The standard InChI is InChI=1S/C26H21.2Na/c1-5-13-22(14-6-1)21-26(23-15-7-2-8-16-23,24-17-9-3-10-18-24)25-19-11-4-12-20-25;;/h1-21H;;/q-1;2*+1. The molecule has 4 aromatic rings. The molecular formula is C26H21Na2+. The Bertz CT molecular complexity index is 840. The average molecular weight is 379 g/mol. The summed E-state index contributed by atoms with van der Waals surface area (Å²) in [5.41, 5.74) is 4.67. The summed E-state index contributed by atoms with van der Waals surface area (Å²) >= 11 is 0. The van der Waals surface area contributed by atoms with Crippen molar-refractivity contribution in [2.45, 2.75) is 5.41 Å². The quantitative estimate of drug-likeness (QED) is 0.266. The molecule has 0 fully saturated rings. The van der Waals surface area contributed by atoms with Gasteiger partial charge in [-0.2, -0.15) is 24.1 Å². The topological polar surface area (TPSA) is 0 Å². The second-order valence-corrected chi connectivity index (χ2v) is 6.46. The van der Waals surface area contributed by atoms with Crippen LogP contribution in [0, 0.1) is 6.42 Å². The molecule has 28 heavy (non-hydrogen) atoms. The van der Waals surface area contributed by atoms with Crippen molar-refractivity contribution in [1.82, 2.24) is 0 Å². The largest absolute Gasteiger partial charge is 1.00 e. The molecule has 0 aliphatic heterocycles. The summed E-state index contributed by atoms with van der Waals surface area (Å²) in [5, 5.41) is 0. The molecule has 0 amide bonds. The van der Waals surface area contributed by atoms with E-state index in [-0.39, 0.29) is 64.5 Å². The van der Waals surface area contributed by atoms with Gasteiger partial charge in [0.25, 0.3) is 0 Å². The zero-order valence-electron chi connectivity index (χ0n) is 16.6. The third kappa shape index (κ3) is 4.83. The van der Waals surface area contributed by atoms with Gasteiger partial charge >= 0.3 is 59.1 Å². The average Bonchev–Trinajstić information content (AvgIpc) is 2.75. The van der Waals surface area contributed by atoms with Gasteiger partial charge in [-0.3, -0.25) is 0 Å². The smallest absolute Gasteiger partial charge is 0.190 e. The number of benzene rings is 4. The van der Waals surface area contributed by atoms with Crippen LogP contribution in [-0.4, -0.2) is 0 Å². The minimum Gasteiger partial charge on any atom is -0.190 e. The molecule has 4 rings (SSSR count). The SMILES string of the molecule is [Na+].[Na+].c1ccc([CH-]C(c2ccccc2)(c2ccccc2)c2ccccc2)cc1. The van der Waals surface area contributed by atoms with E-state index in [9.17, 15) is 0 Å². The van der Waals surface area contributed by atoms with Crippen LogP contribution in [0.5, 0.6) is 0 Å². The first-order valence-electron chi connectivity index (χ1n) is 8.97. The molecule has 0 radical (unpaired) electrons. The van der Waals surface area contributed by atoms with Crippen LogP contribution in [0.2, 0.25) is 0 Å². The first-order chi connectivity index (χ1) is 12.9. The maximum absolute atomic E-state index is 2.38. The van der Waals surface area contributed by atoms with E-state index in [0.29, 0.717) is 0 Å². The fourth-order valence-electron chi connectivity index (χ4n) is 3.65. The fraction of sp³-hybridized carbons (Fsp3) is 0.0385. The molecule has 0 N–H and O–H groups in total. The van der Waals surface area contributed by atoms with E-state index in [0.717, 1.165) is 0 Å². The first-order valence-corrected chi connectivity index (χ1v) is 8.97. The second-order valence-electron chi connectivity index (χ2n) is 6.46. The number of rotatable bonds is 5. The Morgan fingerprint density at radius 2 is 0.679 bits per heavy atom. The summed E-state index contributed by atoms with van der Waals surface area (Å²) in [6, 6.07) is 42.9. The van der Waals surface area contributed by atoms with E-state index < -0.39 is 0 Å². The van der Waals surface area contributed by atoms with E-state index in [1.165, 1.54) is 22.3 Å². The van der Waals surface area contributed by atoms with Gasteiger partial charge in [0.05, 0.1) is 0 Å². The van der Waals surface area contributed by atoms with Gasteiger partial charge in [0, 0.05) is 5.41 Å². The Morgan fingerprint density at radius 1 is 0.393 bits per heavy atom. The van der Waals surface area contributed by atoms with E-state index in [1.807, 2.05) is 0 Å². The summed E-state index contributed by atoms with van der Waals surface area (Å²) in [6.45, 7) is 0. The van der Waals surface area contributed by atoms with Gasteiger partial charge in [-0.15, -0.1) is 12.1 Å². The van der Waals surface area contributed by atoms with Crippen molar-refractivity contribution in [3.63, 3.8) is 0 Å². The van der Waals surface area contributed by atoms with E-state index in [2.05, 4.69) is 128 Å². The van der Waals surface area contributed by atoms with Gasteiger partial charge < -0.3 is 0 Å². The van der Waals surface area contributed by atoms with Crippen LogP contribution in [0.3, 0.4) is 0 Å². The van der Waals surface area contributed by atoms with Crippen molar-refractivity contribution in [3.8, 4) is 0 Å². The van der Waals surface area contributed by atoms with E-state index in [4.69, 9.17) is 0 Å². The van der Waals surface area contributed by atoms with Crippen LogP contribution in [0.1, 0.15) is 22.3 Å². The summed E-state index contributed by atoms with van der Waals surface area (Å²) < 4.78 is 0. The number of hydrogen-bond donors (Lipinski definition) is 0.